The number of benzene rings is 1. The smallest absolute Gasteiger partial charge is 0.193 e. The van der Waals surface area contributed by atoms with Gasteiger partial charge in [-0.1, -0.05) is 22.8 Å². The van der Waals surface area contributed by atoms with Gasteiger partial charge in [0.15, 0.2) is 5.96 Å². The minimum atomic E-state index is -0.00586. The van der Waals surface area contributed by atoms with E-state index in [-0.39, 0.29) is 6.10 Å². The van der Waals surface area contributed by atoms with E-state index in [1.807, 2.05) is 44.3 Å². The number of ether oxygens (including phenoxy) is 1. The molecule has 0 spiro atoms. The number of aliphatic imine (C=N–C) groups is 1. The van der Waals surface area contributed by atoms with Crippen molar-refractivity contribution in [1.29, 1.82) is 0 Å². The lowest BCUT2D eigenvalue weighted by atomic mass is 10.3. The number of hydrogen-bond donors (Lipinski definition) is 1. The van der Waals surface area contributed by atoms with Crippen LogP contribution in [0.15, 0.2) is 46.1 Å². The summed E-state index contributed by atoms with van der Waals surface area (Å²) in [7, 11) is 1.81. The molecule has 27 heavy (non-hydrogen) atoms. The largest absolute Gasteiger partial charge is 0.489 e. The number of nitrogens with zero attached hydrogens (tertiary/aromatic N) is 4. The standard InChI is InChI=1S/C19H26ClN5O2/c1-15(27-18-5-3-4-16(20)12-18)13-22-19(21-2)25-9-7-24(8-10-25)14-17-6-11-26-23-17/h3-6,11-12,15H,7-10,13-14H2,1-2H3,(H,21,22). The Balaban J connectivity index is 1.42. The molecule has 0 saturated carbocycles. The summed E-state index contributed by atoms with van der Waals surface area (Å²) in [5, 5.41) is 8.06. The fraction of sp³-hybridized carbons (Fsp3) is 0.474. The van der Waals surface area contributed by atoms with Crippen LogP contribution in [0.25, 0.3) is 0 Å². The first kappa shape index (κ1) is 19.5. The number of aromatic nitrogens is 1. The molecule has 1 fully saturated rings. The van der Waals surface area contributed by atoms with Gasteiger partial charge in [0, 0.05) is 50.9 Å². The average molecular weight is 392 g/mol. The second kappa shape index (κ2) is 9.62. The van der Waals surface area contributed by atoms with Crippen molar-refractivity contribution in [1.82, 2.24) is 20.3 Å². The number of piperazine rings is 1. The number of nitrogens with one attached hydrogen (secondary N) is 1. The number of hydrogen-bond acceptors (Lipinski definition) is 5. The second-order valence-corrected chi connectivity index (χ2v) is 7.00. The van der Waals surface area contributed by atoms with Crippen molar-refractivity contribution in [3.05, 3.63) is 47.3 Å². The zero-order valence-electron chi connectivity index (χ0n) is 15.8. The van der Waals surface area contributed by atoms with Crippen molar-refractivity contribution in [2.45, 2.75) is 19.6 Å². The van der Waals surface area contributed by atoms with Gasteiger partial charge in [-0.15, -0.1) is 0 Å². The first-order chi connectivity index (χ1) is 13.1. The molecule has 0 amide bonds. The third-order valence-corrected chi connectivity index (χ3v) is 4.68. The van der Waals surface area contributed by atoms with Gasteiger partial charge in [-0.25, -0.2) is 0 Å². The molecule has 0 bridgehead atoms. The Bertz CT molecular complexity index is 729. The Hall–Kier alpha value is -2.25. The van der Waals surface area contributed by atoms with Gasteiger partial charge in [-0.3, -0.25) is 9.89 Å². The number of guanidine groups is 1. The summed E-state index contributed by atoms with van der Waals surface area (Å²) in [6, 6.07) is 9.36. The van der Waals surface area contributed by atoms with Gasteiger partial charge in [0.25, 0.3) is 0 Å². The van der Waals surface area contributed by atoms with Gasteiger partial charge < -0.3 is 19.5 Å². The highest BCUT2D eigenvalue weighted by atomic mass is 35.5. The molecule has 1 aliphatic heterocycles. The van der Waals surface area contributed by atoms with Crippen LogP contribution in [-0.2, 0) is 6.54 Å². The van der Waals surface area contributed by atoms with Crippen LogP contribution in [0.1, 0.15) is 12.6 Å². The Morgan fingerprint density at radius 1 is 1.33 bits per heavy atom. The molecular weight excluding hydrogens is 366 g/mol. The van der Waals surface area contributed by atoms with Crippen LogP contribution in [0.5, 0.6) is 5.75 Å². The summed E-state index contributed by atoms with van der Waals surface area (Å²) >= 11 is 6.00. The average Bonchev–Trinajstić information content (AvgIpc) is 3.16. The first-order valence-electron chi connectivity index (χ1n) is 9.13. The van der Waals surface area contributed by atoms with Crippen molar-refractivity contribution in [2.24, 2.45) is 4.99 Å². The monoisotopic (exact) mass is 391 g/mol. The number of rotatable bonds is 6. The second-order valence-electron chi connectivity index (χ2n) is 6.57. The summed E-state index contributed by atoms with van der Waals surface area (Å²) in [6.07, 6.45) is 1.61. The summed E-state index contributed by atoms with van der Waals surface area (Å²) < 4.78 is 10.8. The minimum Gasteiger partial charge on any atom is -0.489 e. The molecule has 1 aliphatic rings. The summed E-state index contributed by atoms with van der Waals surface area (Å²) in [5.41, 5.74) is 0.970. The lowest BCUT2D eigenvalue weighted by Crippen LogP contribution is -2.53. The fourth-order valence-electron chi connectivity index (χ4n) is 3.05. The molecule has 2 heterocycles. The molecule has 146 valence electrons. The van der Waals surface area contributed by atoms with Crippen molar-refractivity contribution in [3.63, 3.8) is 0 Å². The molecule has 0 aliphatic carbocycles. The molecule has 1 aromatic carbocycles. The third-order valence-electron chi connectivity index (χ3n) is 4.44. The zero-order valence-corrected chi connectivity index (χ0v) is 16.5. The molecule has 3 rings (SSSR count). The van der Waals surface area contributed by atoms with Crippen LogP contribution in [0.2, 0.25) is 5.02 Å². The van der Waals surface area contributed by atoms with E-state index in [0.29, 0.717) is 11.6 Å². The molecule has 1 N–H and O–H groups in total. The molecular formula is C19H26ClN5O2. The van der Waals surface area contributed by atoms with Crippen LogP contribution in [0, 0.1) is 0 Å². The maximum atomic E-state index is 6.00. The van der Waals surface area contributed by atoms with Crippen LogP contribution >= 0.6 is 11.6 Å². The van der Waals surface area contributed by atoms with Crippen LogP contribution < -0.4 is 10.1 Å². The Labute approximate surface area is 164 Å². The Kier molecular flexibility index (Phi) is 6.95. The Morgan fingerprint density at radius 2 is 2.15 bits per heavy atom. The predicted molar refractivity (Wildman–Crippen MR) is 106 cm³/mol. The normalized spacial score (nSPS) is 17.0. The van der Waals surface area contributed by atoms with Crippen LogP contribution in [0.3, 0.4) is 0 Å². The highest BCUT2D eigenvalue weighted by Gasteiger charge is 2.20. The lowest BCUT2D eigenvalue weighted by molar-refractivity contribution is 0.167. The van der Waals surface area contributed by atoms with Gasteiger partial charge in [0.2, 0.25) is 0 Å². The molecule has 8 heteroatoms. The van der Waals surface area contributed by atoms with Gasteiger partial charge in [0.1, 0.15) is 18.1 Å². The van der Waals surface area contributed by atoms with Crippen molar-refractivity contribution >= 4 is 17.6 Å². The predicted octanol–water partition coefficient (Wildman–Crippen LogP) is 2.49. The number of halogens is 1. The van der Waals surface area contributed by atoms with E-state index in [1.54, 1.807) is 6.26 Å². The maximum absolute atomic E-state index is 6.00. The van der Waals surface area contributed by atoms with E-state index in [2.05, 4.69) is 25.3 Å². The topological polar surface area (TPSA) is 66.1 Å². The van der Waals surface area contributed by atoms with E-state index in [9.17, 15) is 0 Å². The lowest BCUT2D eigenvalue weighted by Gasteiger charge is -2.36. The van der Waals surface area contributed by atoms with E-state index in [4.69, 9.17) is 20.9 Å². The molecule has 1 atom stereocenters. The third kappa shape index (κ3) is 5.87. The summed E-state index contributed by atoms with van der Waals surface area (Å²) in [4.78, 5) is 9.05. The van der Waals surface area contributed by atoms with E-state index < -0.39 is 0 Å². The molecule has 1 saturated heterocycles. The van der Waals surface area contributed by atoms with Gasteiger partial charge in [0.05, 0.1) is 12.2 Å². The van der Waals surface area contributed by atoms with Gasteiger partial charge in [-0.2, -0.15) is 0 Å². The molecule has 0 radical (unpaired) electrons. The summed E-state index contributed by atoms with van der Waals surface area (Å²) in [5.74, 6) is 1.67. The highest BCUT2D eigenvalue weighted by Crippen LogP contribution is 2.18. The molecule has 2 aromatic rings. The minimum absolute atomic E-state index is 0.00586. The fourth-order valence-corrected chi connectivity index (χ4v) is 3.23. The first-order valence-corrected chi connectivity index (χ1v) is 9.51. The van der Waals surface area contributed by atoms with Crippen molar-refractivity contribution in [3.8, 4) is 5.75 Å². The van der Waals surface area contributed by atoms with E-state index >= 15 is 0 Å². The molecule has 1 aromatic heterocycles. The SMILES string of the molecule is CN=C(NCC(C)Oc1cccc(Cl)c1)N1CCN(Cc2ccon2)CC1. The van der Waals surface area contributed by atoms with Gasteiger partial charge in [-0.05, 0) is 25.1 Å². The van der Waals surface area contributed by atoms with Crippen LogP contribution in [-0.4, -0.2) is 66.8 Å². The van der Waals surface area contributed by atoms with Crippen molar-refractivity contribution < 1.29 is 9.26 Å². The van der Waals surface area contributed by atoms with E-state index in [0.717, 1.165) is 50.1 Å². The Morgan fingerprint density at radius 3 is 2.81 bits per heavy atom. The quantitative estimate of drug-likeness (QED) is 0.602. The highest BCUT2D eigenvalue weighted by molar-refractivity contribution is 6.30. The van der Waals surface area contributed by atoms with Crippen molar-refractivity contribution in [2.75, 3.05) is 39.8 Å². The molecule has 7 nitrogen and oxygen atoms in total. The zero-order chi connectivity index (χ0) is 19.1. The molecule has 1 unspecified atom stereocenters. The van der Waals surface area contributed by atoms with Gasteiger partial charge >= 0.3 is 0 Å². The maximum Gasteiger partial charge on any atom is 0.193 e. The van der Waals surface area contributed by atoms with E-state index in [1.165, 1.54) is 0 Å². The van der Waals surface area contributed by atoms with Crippen LogP contribution in [0.4, 0.5) is 0 Å². The summed E-state index contributed by atoms with van der Waals surface area (Å²) in [6.45, 7) is 7.27.